The fraction of sp³-hybridized carbons (Fsp3) is 0.333. The van der Waals surface area contributed by atoms with E-state index >= 15 is 0 Å². The molecule has 1 fully saturated rings. The van der Waals surface area contributed by atoms with E-state index < -0.39 is 17.5 Å². The number of ether oxygens (including phenoxy) is 1. The first-order valence-corrected chi connectivity index (χ1v) is 10.0. The number of hydrogen-bond donors (Lipinski definition) is 0. The number of amides is 1. The van der Waals surface area contributed by atoms with E-state index in [-0.39, 0.29) is 11.7 Å². The highest BCUT2D eigenvalue weighted by atomic mass is 32.1. The lowest BCUT2D eigenvalue weighted by molar-refractivity contribution is 0.0917. The van der Waals surface area contributed by atoms with Crippen LogP contribution in [-0.2, 0) is 4.74 Å². The van der Waals surface area contributed by atoms with Crippen LogP contribution in [0.1, 0.15) is 34.3 Å². The van der Waals surface area contributed by atoms with Gasteiger partial charge in [-0.2, -0.15) is 0 Å². The molecule has 0 saturated carbocycles. The van der Waals surface area contributed by atoms with E-state index in [9.17, 15) is 13.6 Å². The summed E-state index contributed by atoms with van der Waals surface area (Å²) in [5, 5.41) is 0.539. The summed E-state index contributed by atoms with van der Waals surface area (Å²) in [7, 11) is 0. The first kappa shape index (κ1) is 19.0. The van der Waals surface area contributed by atoms with Crippen molar-refractivity contribution in [2.75, 3.05) is 18.1 Å². The summed E-state index contributed by atoms with van der Waals surface area (Å²) in [5.41, 5.74) is 3.06. The first-order valence-electron chi connectivity index (χ1n) is 9.19. The van der Waals surface area contributed by atoms with E-state index in [4.69, 9.17) is 9.72 Å². The van der Waals surface area contributed by atoms with Crippen molar-refractivity contribution in [3.05, 3.63) is 58.7 Å². The topological polar surface area (TPSA) is 42.4 Å². The Labute approximate surface area is 165 Å². The molecular formula is C21H20F2N2O2S. The van der Waals surface area contributed by atoms with Gasteiger partial charge in [-0.15, -0.1) is 0 Å². The quantitative estimate of drug-likeness (QED) is 0.616. The highest BCUT2D eigenvalue weighted by Gasteiger charge is 2.28. The Kier molecular flexibility index (Phi) is 5.12. The van der Waals surface area contributed by atoms with Crippen molar-refractivity contribution < 1.29 is 18.3 Å². The van der Waals surface area contributed by atoms with Crippen LogP contribution < -0.4 is 4.90 Å². The van der Waals surface area contributed by atoms with E-state index in [0.717, 1.165) is 46.3 Å². The molecule has 146 valence electrons. The van der Waals surface area contributed by atoms with Crippen LogP contribution in [0, 0.1) is 25.5 Å². The summed E-state index contributed by atoms with van der Waals surface area (Å²) in [4.78, 5) is 19.4. The molecule has 1 aromatic heterocycles. The highest BCUT2D eigenvalue weighted by Crippen LogP contribution is 2.34. The van der Waals surface area contributed by atoms with E-state index in [1.165, 1.54) is 22.3 Å². The minimum absolute atomic E-state index is 0.0876. The summed E-state index contributed by atoms with van der Waals surface area (Å²) >= 11 is 1.43. The Morgan fingerprint density at radius 3 is 2.68 bits per heavy atom. The molecule has 2 aromatic carbocycles. The minimum atomic E-state index is -1.04. The van der Waals surface area contributed by atoms with Gasteiger partial charge in [0.05, 0.1) is 22.9 Å². The molecule has 4 nitrogen and oxygen atoms in total. The molecule has 2 heterocycles. The van der Waals surface area contributed by atoms with Crippen LogP contribution in [0.15, 0.2) is 30.3 Å². The molecule has 0 N–H and O–H groups in total. The second-order valence-electron chi connectivity index (χ2n) is 7.05. The Balaban J connectivity index is 1.76. The van der Waals surface area contributed by atoms with Crippen molar-refractivity contribution in [3.8, 4) is 0 Å². The number of hydrogen-bond acceptors (Lipinski definition) is 4. The van der Waals surface area contributed by atoms with Gasteiger partial charge in [-0.05, 0) is 56.0 Å². The average molecular weight is 402 g/mol. The Morgan fingerprint density at radius 2 is 2.00 bits per heavy atom. The normalized spacial score (nSPS) is 16.6. The van der Waals surface area contributed by atoms with Crippen LogP contribution in [-0.4, -0.2) is 30.1 Å². The summed E-state index contributed by atoms with van der Waals surface area (Å²) < 4.78 is 33.7. The molecular weight excluding hydrogens is 382 g/mol. The van der Waals surface area contributed by atoms with Crippen LogP contribution in [0.2, 0.25) is 0 Å². The van der Waals surface area contributed by atoms with Crippen molar-refractivity contribution in [1.82, 2.24) is 4.98 Å². The molecule has 0 spiro atoms. The zero-order valence-corrected chi connectivity index (χ0v) is 16.5. The third-order valence-electron chi connectivity index (χ3n) is 4.98. The summed E-state index contributed by atoms with van der Waals surface area (Å²) in [6, 6.07) is 7.24. The van der Waals surface area contributed by atoms with Gasteiger partial charge in [0.1, 0.15) is 0 Å². The van der Waals surface area contributed by atoms with E-state index in [1.807, 2.05) is 26.0 Å². The number of thiazole rings is 1. The minimum Gasteiger partial charge on any atom is -0.376 e. The van der Waals surface area contributed by atoms with Gasteiger partial charge in [0, 0.05) is 12.2 Å². The second-order valence-corrected chi connectivity index (χ2v) is 8.03. The lowest BCUT2D eigenvalue weighted by atomic mass is 10.1. The van der Waals surface area contributed by atoms with Gasteiger partial charge in [-0.3, -0.25) is 9.69 Å². The molecule has 1 aliphatic heterocycles. The predicted molar refractivity (Wildman–Crippen MR) is 106 cm³/mol. The van der Waals surface area contributed by atoms with Crippen molar-refractivity contribution in [1.29, 1.82) is 0 Å². The van der Waals surface area contributed by atoms with Crippen LogP contribution in [0.3, 0.4) is 0 Å². The molecule has 1 atom stereocenters. The number of rotatable bonds is 4. The highest BCUT2D eigenvalue weighted by molar-refractivity contribution is 7.22. The molecule has 1 unspecified atom stereocenters. The number of fused-ring (bicyclic) bond motifs is 1. The molecule has 7 heteroatoms. The number of halogens is 2. The molecule has 1 amide bonds. The SMILES string of the molecule is Cc1ccc(C)c2sc(N(CC3CCCO3)C(=O)c3ccc(F)c(F)c3)nc12. The van der Waals surface area contributed by atoms with Crippen LogP contribution >= 0.6 is 11.3 Å². The Bertz CT molecular complexity index is 1010. The fourth-order valence-corrected chi connectivity index (χ4v) is 4.51. The van der Waals surface area contributed by atoms with Gasteiger partial charge in [0.25, 0.3) is 5.91 Å². The number of anilines is 1. The number of aryl methyl sites for hydroxylation is 2. The molecule has 28 heavy (non-hydrogen) atoms. The monoisotopic (exact) mass is 402 g/mol. The van der Waals surface area contributed by atoms with Crippen LogP contribution in [0.25, 0.3) is 10.2 Å². The van der Waals surface area contributed by atoms with Crippen LogP contribution in [0.4, 0.5) is 13.9 Å². The van der Waals surface area contributed by atoms with Crippen molar-refractivity contribution in [2.24, 2.45) is 0 Å². The van der Waals surface area contributed by atoms with Gasteiger partial charge < -0.3 is 4.74 Å². The lowest BCUT2D eigenvalue weighted by Crippen LogP contribution is -2.37. The molecule has 0 radical (unpaired) electrons. The molecule has 1 aliphatic rings. The maximum atomic E-state index is 13.7. The zero-order valence-electron chi connectivity index (χ0n) is 15.7. The maximum absolute atomic E-state index is 13.7. The number of carbonyl (C=O) groups excluding carboxylic acids is 1. The number of aromatic nitrogens is 1. The smallest absolute Gasteiger partial charge is 0.260 e. The molecule has 3 aromatic rings. The number of nitrogens with zero attached hydrogens (tertiary/aromatic N) is 2. The van der Waals surface area contributed by atoms with Gasteiger partial charge in [0.2, 0.25) is 0 Å². The Morgan fingerprint density at radius 1 is 1.21 bits per heavy atom. The second kappa shape index (κ2) is 7.56. The third-order valence-corrected chi connectivity index (χ3v) is 6.20. The Hall–Kier alpha value is -2.38. The zero-order chi connectivity index (χ0) is 19.8. The van der Waals surface area contributed by atoms with E-state index in [2.05, 4.69) is 0 Å². The number of carbonyl (C=O) groups is 1. The van der Waals surface area contributed by atoms with E-state index in [0.29, 0.717) is 18.3 Å². The maximum Gasteiger partial charge on any atom is 0.260 e. The molecule has 1 saturated heterocycles. The largest absolute Gasteiger partial charge is 0.376 e. The van der Waals surface area contributed by atoms with E-state index in [1.54, 1.807) is 0 Å². The van der Waals surface area contributed by atoms with Crippen molar-refractivity contribution in [2.45, 2.75) is 32.8 Å². The van der Waals surface area contributed by atoms with Gasteiger partial charge in [0.15, 0.2) is 16.8 Å². The summed E-state index contributed by atoms with van der Waals surface area (Å²) in [5.74, 6) is -2.43. The summed E-state index contributed by atoms with van der Waals surface area (Å²) in [6.07, 6.45) is 1.70. The fourth-order valence-electron chi connectivity index (χ4n) is 3.39. The lowest BCUT2D eigenvalue weighted by Gasteiger charge is -2.23. The van der Waals surface area contributed by atoms with Gasteiger partial charge in [-0.1, -0.05) is 23.5 Å². The van der Waals surface area contributed by atoms with Gasteiger partial charge >= 0.3 is 0 Å². The number of benzene rings is 2. The third kappa shape index (κ3) is 3.52. The molecule has 0 aliphatic carbocycles. The first-order chi connectivity index (χ1) is 13.4. The van der Waals surface area contributed by atoms with Gasteiger partial charge in [-0.25, -0.2) is 13.8 Å². The van der Waals surface area contributed by atoms with Crippen molar-refractivity contribution in [3.63, 3.8) is 0 Å². The van der Waals surface area contributed by atoms with Crippen molar-refractivity contribution >= 4 is 32.6 Å². The molecule has 0 bridgehead atoms. The standard InChI is InChI=1S/C21H20F2N2O2S/c1-12-5-6-13(2)19-18(12)24-21(28-19)25(11-15-4-3-9-27-15)20(26)14-7-8-16(22)17(23)10-14/h5-8,10,15H,3-4,9,11H2,1-2H3. The molecule has 4 rings (SSSR count). The van der Waals surface area contributed by atoms with Crippen LogP contribution in [0.5, 0.6) is 0 Å². The average Bonchev–Trinajstić information content (AvgIpc) is 3.35. The summed E-state index contributed by atoms with van der Waals surface area (Å²) in [6.45, 7) is 4.98. The predicted octanol–water partition coefficient (Wildman–Crippen LogP) is 5.02.